The van der Waals surface area contributed by atoms with Crippen molar-refractivity contribution in [2.75, 3.05) is 49.2 Å². The van der Waals surface area contributed by atoms with Gasteiger partial charge in [0, 0.05) is 37.6 Å². The first-order valence-electron chi connectivity index (χ1n) is 17.6. The standard InChI is InChI=1S/C37H43F3N8O4/c1-4-27(2)48-34(49)46(26-43-48)30-10-8-28(9-11-30)44-19-21-45(22-20-44)29-12-14-31(15-13-29)50-23-32-24-51-36(52-32,25-47-41-17-18-42-47)35(3)16-6-5-7-33(35)37(38,39)40/h5-18,26-27,32-33H,4,19-25H2,1-3H3/t27?,32-,33?,35?,36-/m1/s1. The van der Waals surface area contributed by atoms with E-state index >= 15 is 0 Å². The van der Waals surface area contributed by atoms with E-state index < -0.39 is 29.4 Å². The molecule has 7 rings (SSSR count). The number of halogens is 3. The van der Waals surface area contributed by atoms with Crippen molar-refractivity contribution >= 4 is 11.4 Å². The van der Waals surface area contributed by atoms with E-state index in [-0.39, 0.29) is 31.5 Å². The number of ether oxygens (including phenoxy) is 3. The summed E-state index contributed by atoms with van der Waals surface area (Å²) in [4.78, 5) is 18.7. The quantitative estimate of drug-likeness (QED) is 0.201. The van der Waals surface area contributed by atoms with Gasteiger partial charge in [-0.15, -0.1) is 0 Å². The van der Waals surface area contributed by atoms with Gasteiger partial charge in [-0.25, -0.2) is 14.0 Å². The maximum Gasteiger partial charge on any atom is 0.396 e. The number of hydrogen-bond donors (Lipinski definition) is 0. The Labute approximate surface area is 299 Å². The lowest BCUT2D eigenvalue weighted by Gasteiger charge is -2.47. The molecular formula is C37H43F3N8O4. The van der Waals surface area contributed by atoms with E-state index in [0.717, 1.165) is 55.7 Å². The summed E-state index contributed by atoms with van der Waals surface area (Å²) in [5, 5.41) is 12.5. The molecule has 12 nitrogen and oxygen atoms in total. The second kappa shape index (κ2) is 14.3. The number of hydrogen-bond acceptors (Lipinski definition) is 9. The van der Waals surface area contributed by atoms with Crippen LogP contribution >= 0.6 is 0 Å². The number of benzene rings is 2. The van der Waals surface area contributed by atoms with E-state index in [9.17, 15) is 18.0 Å². The average Bonchev–Trinajstić information content (AvgIpc) is 3.92. The second-order valence-electron chi connectivity index (χ2n) is 13.7. The van der Waals surface area contributed by atoms with E-state index in [2.05, 4.69) is 25.1 Å². The molecule has 5 atom stereocenters. The average molecular weight is 721 g/mol. The van der Waals surface area contributed by atoms with Gasteiger partial charge in [0.2, 0.25) is 0 Å². The van der Waals surface area contributed by atoms with Crippen molar-refractivity contribution in [1.29, 1.82) is 0 Å². The molecule has 15 heteroatoms. The van der Waals surface area contributed by atoms with Crippen LogP contribution in [0.15, 0.2) is 96.4 Å². The molecule has 2 aliphatic heterocycles. The Hall–Kier alpha value is -4.89. The first kappa shape index (κ1) is 35.5. The van der Waals surface area contributed by atoms with Crippen LogP contribution in [0.5, 0.6) is 5.75 Å². The van der Waals surface area contributed by atoms with Gasteiger partial charge in [0.05, 0.1) is 42.1 Å². The largest absolute Gasteiger partial charge is 0.491 e. The minimum Gasteiger partial charge on any atom is -0.491 e. The van der Waals surface area contributed by atoms with Crippen LogP contribution in [0.3, 0.4) is 0 Å². The van der Waals surface area contributed by atoms with Crippen LogP contribution in [0.4, 0.5) is 24.5 Å². The molecule has 276 valence electrons. The monoisotopic (exact) mass is 720 g/mol. The zero-order chi connectivity index (χ0) is 36.5. The van der Waals surface area contributed by atoms with Crippen molar-refractivity contribution in [2.24, 2.45) is 11.3 Å². The molecule has 1 aliphatic carbocycles. The molecule has 2 aromatic heterocycles. The van der Waals surface area contributed by atoms with Gasteiger partial charge in [0.15, 0.2) is 5.79 Å². The lowest BCUT2D eigenvalue weighted by Crippen LogP contribution is -2.57. The molecule has 0 bridgehead atoms. The van der Waals surface area contributed by atoms with Crippen LogP contribution in [-0.2, 0) is 16.0 Å². The predicted octanol–water partition coefficient (Wildman–Crippen LogP) is 5.42. The highest BCUT2D eigenvalue weighted by Crippen LogP contribution is 2.54. The van der Waals surface area contributed by atoms with Crippen molar-refractivity contribution in [3.63, 3.8) is 0 Å². The maximum atomic E-state index is 14.3. The van der Waals surface area contributed by atoms with Crippen molar-refractivity contribution in [3.8, 4) is 11.4 Å². The van der Waals surface area contributed by atoms with Crippen molar-refractivity contribution in [1.82, 2.24) is 29.3 Å². The highest BCUT2D eigenvalue weighted by atomic mass is 19.4. The lowest BCUT2D eigenvalue weighted by atomic mass is 9.67. The number of nitrogens with zero attached hydrogens (tertiary/aromatic N) is 8. The number of allylic oxidation sites excluding steroid dienone is 3. The molecule has 4 heterocycles. The first-order valence-corrected chi connectivity index (χ1v) is 17.6. The summed E-state index contributed by atoms with van der Waals surface area (Å²) >= 11 is 0. The molecule has 4 aromatic rings. The molecule has 2 aromatic carbocycles. The molecule has 2 fully saturated rings. The van der Waals surface area contributed by atoms with Gasteiger partial charge in [0.1, 0.15) is 31.3 Å². The van der Waals surface area contributed by atoms with E-state index in [1.165, 1.54) is 40.9 Å². The summed E-state index contributed by atoms with van der Waals surface area (Å²) in [7, 11) is 0. The Morgan fingerprint density at radius 2 is 1.54 bits per heavy atom. The van der Waals surface area contributed by atoms with Gasteiger partial charge in [-0.05, 0) is 68.8 Å². The fraction of sp³-hybridized carbons (Fsp3) is 0.459. The number of aromatic nitrogens is 6. The van der Waals surface area contributed by atoms with Gasteiger partial charge in [-0.2, -0.15) is 33.3 Å². The van der Waals surface area contributed by atoms with Crippen molar-refractivity contribution < 1.29 is 27.4 Å². The third-order valence-corrected chi connectivity index (χ3v) is 10.5. The minimum atomic E-state index is -4.52. The first-order chi connectivity index (χ1) is 25.0. The van der Waals surface area contributed by atoms with Gasteiger partial charge < -0.3 is 24.0 Å². The topological polar surface area (TPSA) is 105 Å². The normalized spacial score (nSPS) is 25.5. The summed E-state index contributed by atoms with van der Waals surface area (Å²) in [6, 6.07) is 15.8. The van der Waals surface area contributed by atoms with Crippen LogP contribution < -0.4 is 20.2 Å². The van der Waals surface area contributed by atoms with Gasteiger partial charge in [-0.1, -0.05) is 31.2 Å². The summed E-state index contributed by atoms with van der Waals surface area (Å²) in [6.45, 7) is 8.83. The Morgan fingerprint density at radius 3 is 2.15 bits per heavy atom. The minimum absolute atomic E-state index is 0.0411. The number of alkyl halides is 3. The Morgan fingerprint density at radius 1 is 0.923 bits per heavy atom. The van der Waals surface area contributed by atoms with E-state index in [1.807, 2.05) is 62.4 Å². The second-order valence-corrected chi connectivity index (χ2v) is 13.7. The third kappa shape index (κ3) is 6.86. The summed E-state index contributed by atoms with van der Waals surface area (Å²) in [6.07, 6.45) is 5.81. The molecule has 52 heavy (non-hydrogen) atoms. The smallest absolute Gasteiger partial charge is 0.396 e. The Kier molecular flexibility index (Phi) is 9.74. The molecule has 0 amide bonds. The molecule has 0 radical (unpaired) electrons. The third-order valence-electron chi connectivity index (χ3n) is 10.5. The van der Waals surface area contributed by atoms with Gasteiger partial charge in [-0.3, -0.25) is 0 Å². The lowest BCUT2D eigenvalue weighted by molar-refractivity contribution is -0.285. The molecule has 2 saturated heterocycles. The predicted molar refractivity (Wildman–Crippen MR) is 189 cm³/mol. The molecule has 0 spiro atoms. The van der Waals surface area contributed by atoms with Gasteiger partial charge >= 0.3 is 11.9 Å². The molecule has 3 unspecified atom stereocenters. The summed E-state index contributed by atoms with van der Waals surface area (Å²) in [5.74, 6) is -2.91. The van der Waals surface area contributed by atoms with E-state index in [1.54, 1.807) is 17.0 Å². The van der Waals surface area contributed by atoms with Crippen molar-refractivity contribution in [2.45, 2.75) is 57.8 Å². The summed E-state index contributed by atoms with van der Waals surface area (Å²) in [5.41, 5.74) is 1.21. The van der Waals surface area contributed by atoms with Crippen LogP contribution in [0, 0.1) is 11.3 Å². The summed E-state index contributed by atoms with van der Waals surface area (Å²) < 4.78 is 64.6. The zero-order valence-corrected chi connectivity index (χ0v) is 29.4. The van der Waals surface area contributed by atoms with Crippen LogP contribution in [0.1, 0.15) is 33.2 Å². The van der Waals surface area contributed by atoms with Crippen molar-refractivity contribution in [3.05, 3.63) is 102 Å². The Bertz CT molecular complexity index is 1920. The Balaban J connectivity index is 0.942. The van der Waals surface area contributed by atoms with E-state index in [0.29, 0.717) is 5.75 Å². The highest BCUT2D eigenvalue weighted by molar-refractivity contribution is 5.54. The SMILES string of the molecule is CCC(C)n1ncn(-c2ccc(N3CCN(c4ccc(OC[C@@H]5CO[C@@](Cn6nccn6)(C6(C)C=CC=CC6C(F)(F)F)O5)cc4)CC3)cc2)c1=O. The number of rotatable bonds is 11. The maximum absolute atomic E-state index is 14.3. The molecular weight excluding hydrogens is 677 g/mol. The fourth-order valence-electron chi connectivity index (χ4n) is 7.20. The number of anilines is 2. The van der Waals surface area contributed by atoms with E-state index in [4.69, 9.17) is 14.2 Å². The van der Waals surface area contributed by atoms with Crippen LogP contribution in [0.25, 0.3) is 5.69 Å². The zero-order valence-electron chi connectivity index (χ0n) is 29.4. The van der Waals surface area contributed by atoms with Crippen LogP contribution in [0.2, 0.25) is 0 Å². The number of piperazine rings is 1. The molecule has 3 aliphatic rings. The highest BCUT2D eigenvalue weighted by Gasteiger charge is 2.64. The van der Waals surface area contributed by atoms with Gasteiger partial charge in [0.25, 0.3) is 0 Å². The fourth-order valence-corrected chi connectivity index (χ4v) is 7.20. The molecule has 0 saturated carbocycles. The van der Waals surface area contributed by atoms with Crippen LogP contribution in [-0.4, -0.2) is 86.8 Å². The molecule has 0 N–H and O–H groups in total.